The van der Waals surface area contributed by atoms with Gasteiger partial charge in [0, 0.05) is 24.6 Å². The molecule has 0 radical (unpaired) electrons. The van der Waals surface area contributed by atoms with Crippen LogP contribution in [0.1, 0.15) is 22.7 Å². The van der Waals surface area contributed by atoms with Crippen LogP contribution in [0.2, 0.25) is 0 Å². The Morgan fingerprint density at radius 1 is 1.00 bits per heavy atom. The molecule has 0 bridgehead atoms. The first-order valence-corrected chi connectivity index (χ1v) is 8.95. The Hall–Kier alpha value is -3.34. The van der Waals surface area contributed by atoms with Crippen molar-refractivity contribution in [3.63, 3.8) is 0 Å². The highest BCUT2D eigenvalue weighted by atomic mass is 16.5. The summed E-state index contributed by atoms with van der Waals surface area (Å²) in [6.07, 6.45) is 1.53. The summed E-state index contributed by atoms with van der Waals surface area (Å²) in [5.74, 6) is 0.185. The average Bonchev–Trinajstić information content (AvgIpc) is 3.02. The molecule has 4 rings (SSSR count). The first-order chi connectivity index (χ1) is 13.2. The highest BCUT2D eigenvalue weighted by Gasteiger charge is 2.28. The van der Waals surface area contributed by atoms with Gasteiger partial charge in [-0.3, -0.25) is 4.98 Å². The number of rotatable bonds is 5. The number of nitrogens with zero attached hydrogens (tertiary/aromatic N) is 1. The third-order valence-corrected chi connectivity index (χ3v) is 4.80. The number of alkyl carbamates (subject to hydrolysis) is 1. The first kappa shape index (κ1) is 17.1. The van der Waals surface area contributed by atoms with Gasteiger partial charge < -0.3 is 15.2 Å². The molecule has 0 unspecified atom stereocenters. The van der Waals surface area contributed by atoms with Crippen LogP contribution in [0.5, 0.6) is 5.75 Å². The van der Waals surface area contributed by atoms with Crippen molar-refractivity contribution in [2.75, 3.05) is 13.2 Å². The largest absolute Gasteiger partial charge is 0.506 e. The number of amides is 1. The molecule has 5 nitrogen and oxygen atoms in total. The third-order valence-electron chi connectivity index (χ3n) is 4.80. The molecule has 136 valence electrons. The lowest BCUT2D eigenvalue weighted by Crippen LogP contribution is -2.28. The SMILES string of the molecule is O=C(NCCc1ccc(O)cn1)OCC1c2ccccc2-c2ccccc21. The van der Waals surface area contributed by atoms with E-state index in [9.17, 15) is 9.90 Å². The zero-order chi connectivity index (χ0) is 18.6. The fourth-order valence-electron chi connectivity index (χ4n) is 3.51. The molecule has 0 saturated heterocycles. The van der Waals surface area contributed by atoms with Crippen LogP contribution in [0, 0.1) is 0 Å². The fourth-order valence-corrected chi connectivity index (χ4v) is 3.51. The molecule has 0 saturated carbocycles. The number of nitrogens with one attached hydrogen (secondary N) is 1. The molecular formula is C22H20N2O3. The highest BCUT2D eigenvalue weighted by molar-refractivity contribution is 5.79. The predicted molar refractivity (Wildman–Crippen MR) is 103 cm³/mol. The topological polar surface area (TPSA) is 71.5 Å². The van der Waals surface area contributed by atoms with E-state index in [0.29, 0.717) is 19.6 Å². The maximum absolute atomic E-state index is 12.1. The second kappa shape index (κ2) is 7.50. The van der Waals surface area contributed by atoms with Crippen LogP contribution in [-0.2, 0) is 11.2 Å². The molecule has 1 aliphatic carbocycles. The van der Waals surface area contributed by atoms with Gasteiger partial charge in [0.15, 0.2) is 0 Å². The molecule has 2 aromatic carbocycles. The van der Waals surface area contributed by atoms with Gasteiger partial charge in [0.1, 0.15) is 12.4 Å². The van der Waals surface area contributed by atoms with Crippen molar-refractivity contribution in [1.29, 1.82) is 0 Å². The summed E-state index contributed by atoms with van der Waals surface area (Å²) in [6, 6.07) is 19.8. The molecule has 1 aromatic heterocycles. The predicted octanol–water partition coefficient (Wildman–Crippen LogP) is 3.87. The average molecular weight is 360 g/mol. The van der Waals surface area contributed by atoms with Crippen molar-refractivity contribution < 1.29 is 14.6 Å². The van der Waals surface area contributed by atoms with Gasteiger partial charge in [-0.2, -0.15) is 0 Å². The van der Waals surface area contributed by atoms with E-state index in [1.54, 1.807) is 12.1 Å². The molecule has 27 heavy (non-hydrogen) atoms. The number of carbonyl (C=O) groups is 1. The zero-order valence-electron chi connectivity index (χ0n) is 14.8. The standard InChI is InChI=1S/C22H20N2O3/c25-16-10-9-15(24-13-16)11-12-23-22(26)27-14-21-19-7-3-1-5-17(19)18-6-2-4-8-20(18)21/h1-10,13,21,25H,11-12,14H2,(H,23,26). The van der Waals surface area contributed by atoms with Crippen molar-refractivity contribution in [2.24, 2.45) is 0 Å². The Balaban J connectivity index is 1.34. The molecule has 0 fully saturated rings. The lowest BCUT2D eigenvalue weighted by molar-refractivity contribution is 0.143. The maximum atomic E-state index is 12.1. The van der Waals surface area contributed by atoms with E-state index < -0.39 is 6.09 Å². The zero-order valence-corrected chi connectivity index (χ0v) is 14.8. The minimum Gasteiger partial charge on any atom is -0.506 e. The Kier molecular flexibility index (Phi) is 4.75. The van der Waals surface area contributed by atoms with Gasteiger partial charge in [-0.05, 0) is 34.4 Å². The number of aromatic hydroxyl groups is 1. The Morgan fingerprint density at radius 3 is 2.30 bits per heavy atom. The van der Waals surface area contributed by atoms with E-state index >= 15 is 0 Å². The lowest BCUT2D eigenvalue weighted by atomic mass is 9.98. The van der Waals surface area contributed by atoms with Crippen LogP contribution in [0.15, 0.2) is 66.9 Å². The Labute approximate surface area is 157 Å². The van der Waals surface area contributed by atoms with Crippen LogP contribution in [-0.4, -0.2) is 29.3 Å². The monoisotopic (exact) mass is 360 g/mol. The van der Waals surface area contributed by atoms with Crippen LogP contribution in [0.25, 0.3) is 11.1 Å². The van der Waals surface area contributed by atoms with Crippen molar-refractivity contribution in [1.82, 2.24) is 10.3 Å². The summed E-state index contributed by atoms with van der Waals surface area (Å²) in [6.45, 7) is 0.728. The number of ether oxygens (including phenoxy) is 1. The molecule has 3 aromatic rings. The maximum Gasteiger partial charge on any atom is 0.407 e. The highest BCUT2D eigenvalue weighted by Crippen LogP contribution is 2.44. The van der Waals surface area contributed by atoms with E-state index in [1.165, 1.54) is 28.5 Å². The molecule has 5 heteroatoms. The third kappa shape index (κ3) is 3.62. The van der Waals surface area contributed by atoms with E-state index in [-0.39, 0.29) is 11.7 Å². The molecule has 1 amide bonds. The number of hydrogen-bond donors (Lipinski definition) is 2. The second-order valence-corrected chi connectivity index (χ2v) is 6.51. The van der Waals surface area contributed by atoms with Gasteiger partial charge in [-0.25, -0.2) is 4.79 Å². The smallest absolute Gasteiger partial charge is 0.407 e. The van der Waals surface area contributed by atoms with Crippen molar-refractivity contribution in [3.8, 4) is 16.9 Å². The van der Waals surface area contributed by atoms with Crippen molar-refractivity contribution in [3.05, 3.63) is 83.7 Å². The van der Waals surface area contributed by atoms with Gasteiger partial charge in [-0.15, -0.1) is 0 Å². The van der Waals surface area contributed by atoms with E-state index in [1.807, 2.05) is 24.3 Å². The molecule has 1 heterocycles. The van der Waals surface area contributed by atoms with Crippen LogP contribution >= 0.6 is 0 Å². The molecule has 0 aliphatic heterocycles. The number of pyridine rings is 1. The van der Waals surface area contributed by atoms with Crippen molar-refractivity contribution in [2.45, 2.75) is 12.3 Å². The summed E-state index contributed by atoms with van der Waals surface area (Å²) in [7, 11) is 0. The summed E-state index contributed by atoms with van der Waals surface area (Å²) in [4.78, 5) is 16.2. The van der Waals surface area contributed by atoms with Gasteiger partial charge in [-0.1, -0.05) is 48.5 Å². The molecular weight excluding hydrogens is 340 g/mol. The van der Waals surface area contributed by atoms with Gasteiger partial charge >= 0.3 is 6.09 Å². The van der Waals surface area contributed by atoms with Crippen molar-refractivity contribution >= 4 is 6.09 Å². The van der Waals surface area contributed by atoms with Gasteiger partial charge in [0.05, 0.1) is 6.20 Å². The lowest BCUT2D eigenvalue weighted by Gasteiger charge is -2.14. The summed E-state index contributed by atoms with van der Waals surface area (Å²) in [5.41, 5.74) is 5.60. The van der Waals surface area contributed by atoms with Gasteiger partial charge in [0.2, 0.25) is 0 Å². The molecule has 0 atom stereocenters. The quantitative estimate of drug-likeness (QED) is 0.725. The number of aromatic nitrogens is 1. The number of fused-ring (bicyclic) bond motifs is 3. The summed E-state index contributed by atoms with van der Waals surface area (Å²) in [5, 5.41) is 12.0. The van der Waals surface area contributed by atoms with E-state index in [4.69, 9.17) is 4.74 Å². The molecule has 0 spiro atoms. The second-order valence-electron chi connectivity index (χ2n) is 6.51. The number of benzene rings is 2. The Morgan fingerprint density at radius 2 is 1.67 bits per heavy atom. The minimum atomic E-state index is -0.435. The first-order valence-electron chi connectivity index (χ1n) is 8.95. The molecule has 1 aliphatic rings. The summed E-state index contributed by atoms with van der Waals surface area (Å²) >= 11 is 0. The normalized spacial score (nSPS) is 12.3. The van der Waals surface area contributed by atoms with E-state index in [0.717, 1.165) is 5.69 Å². The van der Waals surface area contributed by atoms with Gasteiger partial charge in [0.25, 0.3) is 0 Å². The fraction of sp³-hybridized carbons (Fsp3) is 0.182. The van der Waals surface area contributed by atoms with Crippen LogP contribution in [0.3, 0.4) is 0 Å². The number of carbonyl (C=O) groups excluding carboxylic acids is 1. The minimum absolute atomic E-state index is 0.0573. The Bertz CT molecular complexity index is 908. The number of hydrogen-bond acceptors (Lipinski definition) is 4. The summed E-state index contributed by atoms with van der Waals surface area (Å²) < 4.78 is 5.49. The van der Waals surface area contributed by atoms with Crippen LogP contribution in [0.4, 0.5) is 4.79 Å². The van der Waals surface area contributed by atoms with E-state index in [2.05, 4.69) is 34.6 Å². The molecule has 2 N–H and O–H groups in total. The van der Waals surface area contributed by atoms with Crippen LogP contribution < -0.4 is 5.32 Å².